The second-order valence-corrected chi connectivity index (χ2v) is 6.28. The minimum atomic E-state index is -3.85. The largest absolute Gasteiger partial charge is 0.504 e. The van der Waals surface area contributed by atoms with Gasteiger partial charge in [0.2, 0.25) is 9.84 Å². The van der Waals surface area contributed by atoms with Crippen LogP contribution in [0.2, 0.25) is 0 Å². The highest BCUT2D eigenvalue weighted by Gasteiger charge is 2.25. The van der Waals surface area contributed by atoms with Gasteiger partial charge in [-0.2, -0.15) is 0 Å². The summed E-state index contributed by atoms with van der Waals surface area (Å²) in [5, 5.41) is 19.3. The summed E-state index contributed by atoms with van der Waals surface area (Å²) in [4.78, 5) is -0.168. The summed E-state index contributed by atoms with van der Waals surface area (Å²) in [6.07, 6.45) is 0. The molecule has 0 saturated heterocycles. The van der Waals surface area contributed by atoms with E-state index in [1.807, 2.05) is 6.92 Å². The van der Waals surface area contributed by atoms with Crippen molar-refractivity contribution in [3.05, 3.63) is 47.5 Å². The number of rotatable bonds is 2. The normalized spacial score (nSPS) is 11.5. The van der Waals surface area contributed by atoms with Gasteiger partial charge in [0.1, 0.15) is 4.90 Å². The number of hydrogen-bond donors (Lipinski definition) is 2. The molecule has 0 aliphatic carbocycles. The molecule has 2 aromatic rings. The molecule has 0 fully saturated rings. The van der Waals surface area contributed by atoms with Gasteiger partial charge in [-0.15, -0.1) is 0 Å². The van der Waals surface area contributed by atoms with E-state index in [-0.39, 0.29) is 9.79 Å². The van der Waals surface area contributed by atoms with Crippen molar-refractivity contribution in [1.82, 2.24) is 0 Å². The highest BCUT2D eigenvalue weighted by atomic mass is 32.2. The number of sulfone groups is 1. The molecule has 0 radical (unpaired) electrons. The lowest BCUT2D eigenvalue weighted by Crippen LogP contribution is -2.04. The quantitative estimate of drug-likeness (QED) is 0.828. The zero-order chi connectivity index (χ0) is 14.2. The first kappa shape index (κ1) is 13.4. The standard InChI is InChI=1S/C14H14O4S/c1-9-3-6-11(7-4-9)19(17,18)14-10(2)5-8-12(15)13(14)16/h3-8,15-16H,1-2H3. The Kier molecular flexibility index (Phi) is 3.24. The maximum absolute atomic E-state index is 12.5. The van der Waals surface area contributed by atoms with E-state index in [0.29, 0.717) is 5.56 Å². The molecule has 2 rings (SSSR count). The first-order valence-corrected chi connectivity index (χ1v) is 7.15. The van der Waals surface area contributed by atoms with Gasteiger partial charge in [-0.1, -0.05) is 23.8 Å². The maximum Gasteiger partial charge on any atom is 0.210 e. The monoisotopic (exact) mass is 278 g/mol. The average molecular weight is 278 g/mol. The lowest BCUT2D eigenvalue weighted by Gasteiger charge is -2.11. The molecule has 5 heteroatoms. The van der Waals surface area contributed by atoms with E-state index in [1.165, 1.54) is 24.3 Å². The Morgan fingerprint density at radius 2 is 1.47 bits per heavy atom. The van der Waals surface area contributed by atoms with Crippen molar-refractivity contribution in [3.8, 4) is 11.5 Å². The Morgan fingerprint density at radius 1 is 0.895 bits per heavy atom. The minimum absolute atomic E-state index is 0.0853. The lowest BCUT2D eigenvalue weighted by atomic mass is 10.2. The van der Waals surface area contributed by atoms with Crippen LogP contribution in [-0.4, -0.2) is 18.6 Å². The summed E-state index contributed by atoms with van der Waals surface area (Å²) in [5.74, 6) is -1.06. The van der Waals surface area contributed by atoms with Crippen molar-refractivity contribution in [2.45, 2.75) is 23.6 Å². The molecule has 0 heterocycles. The van der Waals surface area contributed by atoms with Crippen molar-refractivity contribution >= 4 is 9.84 Å². The van der Waals surface area contributed by atoms with E-state index in [4.69, 9.17) is 0 Å². The molecule has 0 bridgehead atoms. The second kappa shape index (κ2) is 4.59. The molecule has 0 unspecified atom stereocenters. The summed E-state index contributed by atoms with van der Waals surface area (Å²) in [6, 6.07) is 9.04. The molecule has 0 spiro atoms. The van der Waals surface area contributed by atoms with Gasteiger partial charge >= 0.3 is 0 Å². The Bertz CT molecular complexity index is 716. The fraction of sp³-hybridized carbons (Fsp3) is 0.143. The molecular formula is C14H14O4S. The van der Waals surface area contributed by atoms with Crippen molar-refractivity contribution in [2.24, 2.45) is 0 Å². The fourth-order valence-corrected chi connectivity index (χ4v) is 3.42. The Morgan fingerprint density at radius 3 is 2.05 bits per heavy atom. The Balaban J connectivity index is 2.70. The van der Waals surface area contributed by atoms with Crippen LogP contribution in [0.4, 0.5) is 0 Å². The van der Waals surface area contributed by atoms with E-state index >= 15 is 0 Å². The third kappa shape index (κ3) is 2.29. The molecule has 2 aromatic carbocycles. The minimum Gasteiger partial charge on any atom is -0.504 e. The van der Waals surface area contributed by atoms with Crippen molar-refractivity contribution in [2.75, 3.05) is 0 Å². The summed E-state index contributed by atoms with van der Waals surface area (Å²) < 4.78 is 24.9. The smallest absolute Gasteiger partial charge is 0.210 e. The number of aryl methyl sites for hydroxylation is 2. The molecule has 0 aliphatic heterocycles. The predicted octanol–water partition coefficient (Wildman–Crippen LogP) is 2.55. The second-order valence-electron chi connectivity index (χ2n) is 4.40. The lowest BCUT2D eigenvalue weighted by molar-refractivity contribution is 0.392. The van der Waals surface area contributed by atoms with E-state index in [9.17, 15) is 18.6 Å². The van der Waals surface area contributed by atoms with E-state index in [2.05, 4.69) is 0 Å². The van der Waals surface area contributed by atoms with Gasteiger partial charge in [-0.05, 0) is 37.6 Å². The molecule has 4 nitrogen and oxygen atoms in total. The van der Waals surface area contributed by atoms with Gasteiger partial charge in [-0.25, -0.2) is 8.42 Å². The molecule has 2 N–H and O–H groups in total. The Labute approximate surface area is 111 Å². The molecular weight excluding hydrogens is 264 g/mol. The number of aromatic hydroxyl groups is 2. The number of phenols is 2. The topological polar surface area (TPSA) is 74.6 Å². The van der Waals surface area contributed by atoms with Crippen LogP contribution < -0.4 is 0 Å². The van der Waals surface area contributed by atoms with Crippen LogP contribution in [0.15, 0.2) is 46.2 Å². The van der Waals surface area contributed by atoms with Crippen molar-refractivity contribution in [1.29, 1.82) is 0 Å². The van der Waals surface area contributed by atoms with Crippen molar-refractivity contribution in [3.63, 3.8) is 0 Å². The predicted molar refractivity (Wildman–Crippen MR) is 71.1 cm³/mol. The average Bonchev–Trinajstić information content (AvgIpc) is 2.34. The van der Waals surface area contributed by atoms with E-state index in [1.54, 1.807) is 19.1 Å². The van der Waals surface area contributed by atoms with Crippen LogP contribution in [0.5, 0.6) is 11.5 Å². The van der Waals surface area contributed by atoms with Crippen LogP contribution >= 0.6 is 0 Å². The first-order valence-electron chi connectivity index (χ1n) is 5.67. The van der Waals surface area contributed by atoms with Crippen LogP contribution in [0.25, 0.3) is 0 Å². The van der Waals surface area contributed by atoms with Gasteiger partial charge in [0.05, 0.1) is 4.90 Å². The SMILES string of the molecule is Cc1ccc(S(=O)(=O)c2c(C)ccc(O)c2O)cc1. The van der Waals surface area contributed by atoms with E-state index in [0.717, 1.165) is 5.56 Å². The van der Waals surface area contributed by atoms with Crippen LogP contribution in [0, 0.1) is 13.8 Å². The van der Waals surface area contributed by atoms with E-state index < -0.39 is 21.3 Å². The van der Waals surface area contributed by atoms with Gasteiger partial charge in [0, 0.05) is 0 Å². The summed E-state index contributed by atoms with van der Waals surface area (Å²) >= 11 is 0. The zero-order valence-electron chi connectivity index (χ0n) is 10.6. The molecule has 0 aliphatic rings. The molecule has 0 atom stereocenters. The summed E-state index contributed by atoms with van der Waals surface area (Å²) in [7, 11) is -3.85. The highest BCUT2D eigenvalue weighted by Crippen LogP contribution is 2.37. The van der Waals surface area contributed by atoms with Gasteiger partial charge < -0.3 is 10.2 Å². The highest BCUT2D eigenvalue weighted by molar-refractivity contribution is 7.91. The maximum atomic E-state index is 12.5. The molecule has 100 valence electrons. The van der Waals surface area contributed by atoms with Gasteiger partial charge in [0.25, 0.3) is 0 Å². The van der Waals surface area contributed by atoms with Gasteiger partial charge in [-0.3, -0.25) is 0 Å². The van der Waals surface area contributed by atoms with Crippen molar-refractivity contribution < 1.29 is 18.6 Å². The number of phenolic OH excluding ortho intramolecular Hbond substituents is 2. The fourth-order valence-electron chi connectivity index (χ4n) is 1.84. The molecule has 19 heavy (non-hydrogen) atoms. The summed E-state index contributed by atoms with van der Waals surface area (Å²) in [5.41, 5.74) is 1.33. The molecule has 0 saturated carbocycles. The summed E-state index contributed by atoms with van der Waals surface area (Å²) in [6.45, 7) is 3.42. The first-order chi connectivity index (χ1) is 8.84. The molecule has 0 amide bonds. The number of hydrogen-bond acceptors (Lipinski definition) is 4. The van der Waals surface area contributed by atoms with Crippen LogP contribution in [0.1, 0.15) is 11.1 Å². The zero-order valence-corrected chi connectivity index (χ0v) is 11.4. The van der Waals surface area contributed by atoms with Gasteiger partial charge in [0.15, 0.2) is 11.5 Å². The number of benzene rings is 2. The van der Waals surface area contributed by atoms with Crippen LogP contribution in [0.3, 0.4) is 0 Å². The third-order valence-electron chi connectivity index (χ3n) is 2.91. The molecule has 0 aromatic heterocycles. The van der Waals surface area contributed by atoms with Crippen LogP contribution in [-0.2, 0) is 9.84 Å². The Hall–Kier alpha value is -2.01. The third-order valence-corrected chi connectivity index (χ3v) is 4.85.